The Labute approximate surface area is 86.5 Å². The van der Waals surface area contributed by atoms with Gasteiger partial charge in [-0.3, -0.25) is 0 Å². The van der Waals surface area contributed by atoms with Gasteiger partial charge in [0.15, 0.2) is 5.16 Å². The van der Waals surface area contributed by atoms with Crippen LogP contribution in [0.5, 0.6) is 0 Å². The highest BCUT2D eigenvalue weighted by Crippen LogP contribution is 2.30. The van der Waals surface area contributed by atoms with Crippen molar-refractivity contribution in [3.05, 3.63) is 18.5 Å². The van der Waals surface area contributed by atoms with Crippen LogP contribution in [0.3, 0.4) is 0 Å². The predicted molar refractivity (Wildman–Crippen MR) is 54.7 cm³/mol. The molecule has 1 fully saturated rings. The van der Waals surface area contributed by atoms with Crippen LogP contribution in [-0.4, -0.2) is 26.1 Å². The minimum absolute atomic E-state index is 0.252. The summed E-state index contributed by atoms with van der Waals surface area (Å²) in [5, 5.41) is 13.1. The largest absolute Gasteiger partial charge is 0.411 e. The van der Waals surface area contributed by atoms with Gasteiger partial charge < -0.3 is 5.21 Å². The number of thioether (sulfide) groups is 1. The Bertz CT molecular complexity index is 328. The maximum Gasteiger partial charge on any atom is 0.188 e. The second-order valence-electron chi connectivity index (χ2n) is 3.12. The zero-order valence-electron chi connectivity index (χ0n) is 7.63. The van der Waals surface area contributed by atoms with Crippen LogP contribution in [0.1, 0.15) is 19.3 Å². The molecule has 0 aromatic carbocycles. The summed E-state index contributed by atoms with van der Waals surface area (Å²) in [6.45, 7) is 0. The first-order valence-electron chi connectivity index (χ1n) is 4.54. The summed E-state index contributed by atoms with van der Waals surface area (Å²) in [5.74, 6) is 0. The third-order valence-electron chi connectivity index (χ3n) is 2.19. The van der Waals surface area contributed by atoms with Gasteiger partial charge in [-0.15, -0.1) is 0 Å². The average molecular weight is 209 g/mol. The summed E-state index contributed by atoms with van der Waals surface area (Å²) in [6.07, 6.45) is 6.47. The van der Waals surface area contributed by atoms with Crippen molar-refractivity contribution in [2.24, 2.45) is 5.16 Å². The van der Waals surface area contributed by atoms with Crippen LogP contribution in [0.25, 0.3) is 0 Å². The molecule has 1 atom stereocenters. The molecule has 74 valence electrons. The van der Waals surface area contributed by atoms with E-state index in [1.807, 2.05) is 0 Å². The molecule has 1 N–H and O–H groups in total. The highest BCUT2D eigenvalue weighted by atomic mass is 32.2. The second-order valence-corrected chi connectivity index (χ2v) is 4.29. The first-order chi connectivity index (χ1) is 6.90. The fourth-order valence-corrected chi connectivity index (χ4v) is 2.59. The van der Waals surface area contributed by atoms with E-state index in [4.69, 9.17) is 5.21 Å². The zero-order valence-corrected chi connectivity index (χ0v) is 8.44. The molecule has 0 radical (unpaired) electrons. The van der Waals surface area contributed by atoms with Gasteiger partial charge in [-0.05, 0) is 25.3 Å². The van der Waals surface area contributed by atoms with Crippen molar-refractivity contribution < 1.29 is 5.21 Å². The monoisotopic (exact) mass is 209 g/mol. The highest BCUT2D eigenvalue weighted by molar-refractivity contribution is 8.00. The fourth-order valence-electron chi connectivity index (χ4n) is 1.51. The number of oxime groups is 1. The molecule has 1 aromatic rings. The fraction of sp³-hybridized carbons (Fsp3) is 0.444. The van der Waals surface area contributed by atoms with Crippen molar-refractivity contribution in [3.8, 4) is 0 Å². The molecular weight excluding hydrogens is 198 g/mol. The average Bonchev–Trinajstić information content (AvgIpc) is 2.67. The minimum atomic E-state index is 0.252. The summed E-state index contributed by atoms with van der Waals surface area (Å²) in [5.41, 5.74) is 0.863. The van der Waals surface area contributed by atoms with Crippen LogP contribution in [0, 0.1) is 0 Å². The third kappa shape index (κ3) is 2.04. The summed E-state index contributed by atoms with van der Waals surface area (Å²) in [4.78, 5) is 8.25. The molecule has 1 unspecified atom stereocenters. The van der Waals surface area contributed by atoms with Gasteiger partial charge in [-0.25, -0.2) is 9.97 Å². The van der Waals surface area contributed by atoms with E-state index in [0.29, 0.717) is 0 Å². The lowest BCUT2D eigenvalue weighted by molar-refractivity contribution is 0.317. The summed E-state index contributed by atoms with van der Waals surface area (Å²) < 4.78 is 0. The number of hydrogen-bond acceptors (Lipinski definition) is 5. The van der Waals surface area contributed by atoms with E-state index >= 15 is 0 Å². The van der Waals surface area contributed by atoms with Gasteiger partial charge in [0.1, 0.15) is 0 Å². The van der Waals surface area contributed by atoms with E-state index in [0.717, 1.165) is 30.1 Å². The third-order valence-corrected chi connectivity index (χ3v) is 3.40. The van der Waals surface area contributed by atoms with E-state index in [1.54, 1.807) is 30.2 Å². The van der Waals surface area contributed by atoms with Crippen LogP contribution in [0.15, 0.2) is 28.8 Å². The molecule has 0 saturated heterocycles. The molecule has 1 aliphatic carbocycles. The van der Waals surface area contributed by atoms with Crippen molar-refractivity contribution >= 4 is 17.5 Å². The second kappa shape index (κ2) is 4.41. The van der Waals surface area contributed by atoms with Crippen molar-refractivity contribution in [1.29, 1.82) is 0 Å². The molecule has 1 saturated carbocycles. The molecule has 4 nitrogen and oxygen atoms in total. The Hall–Kier alpha value is -1.10. The predicted octanol–water partition coefficient (Wildman–Crippen LogP) is 1.95. The summed E-state index contributed by atoms with van der Waals surface area (Å²) in [6, 6.07) is 1.79. The maximum atomic E-state index is 8.75. The van der Waals surface area contributed by atoms with Gasteiger partial charge in [0.05, 0.1) is 11.0 Å². The molecule has 1 aliphatic rings. The van der Waals surface area contributed by atoms with Crippen LogP contribution in [0.2, 0.25) is 0 Å². The Balaban J connectivity index is 2.04. The number of nitrogens with zero attached hydrogens (tertiary/aromatic N) is 3. The molecule has 1 aromatic heterocycles. The van der Waals surface area contributed by atoms with Crippen LogP contribution in [-0.2, 0) is 0 Å². The number of rotatable bonds is 2. The van der Waals surface area contributed by atoms with Gasteiger partial charge >= 0.3 is 0 Å². The van der Waals surface area contributed by atoms with Gasteiger partial charge in [-0.1, -0.05) is 16.9 Å². The standard InChI is InChI=1S/C9H11N3OS/c13-12-7-3-1-4-8(7)14-9-10-5-2-6-11-9/h2,5-6,8,13H,1,3-4H2/b12-7+. The van der Waals surface area contributed by atoms with E-state index in [-0.39, 0.29) is 5.25 Å². The zero-order chi connectivity index (χ0) is 9.80. The molecule has 5 heteroatoms. The molecule has 0 bridgehead atoms. The van der Waals surface area contributed by atoms with Crippen molar-refractivity contribution in [2.75, 3.05) is 0 Å². The van der Waals surface area contributed by atoms with E-state index in [2.05, 4.69) is 15.1 Å². The maximum absolute atomic E-state index is 8.75. The van der Waals surface area contributed by atoms with Gasteiger partial charge in [0.2, 0.25) is 0 Å². The molecule has 1 heterocycles. The Morgan fingerprint density at radius 3 is 2.93 bits per heavy atom. The van der Waals surface area contributed by atoms with Crippen LogP contribution >= 0.6 is 11.8 Å². The molecular formula is C9H11N3OS. The van der Waals surface area contributed by atoms with Crippen LogP contribution < -0.4 is 0 Å². The highest BCUT2D eigenvalue weighted by Gasteiger charge is 2.24. The first kappa shape index (κ1) is 9.45. The Morgan fingerprint density at radius 1 is 1.43 bits per heavy atom. The van der Waals surface area contributed by atoms with Crippen molar-refractivity contribution in [3.63, 3.8) is 0 Å². The Kier molecular flexibility index (Phi) is 2.98. The molecule has 0 spiro atoms. The van der Waals surface area contributed by atoms with Crippen LogP contribution in [0.4, 0.5) is 0 Å². The Morgan fingerprint density at radius 2 is 2.21 bits per heavy atom. The number of aromatic nitrogens is 2. The lowest BCUT2D eigenvalue weighted by Crippen LogP contribution is -2.09. The van der Waals surface area contributed by atoms with E-state index in [1.165, 1.54) is 0 Å². The van der Waals surface area contributed by atoms with E-state index in [9.17, 15) is 0 Å². The topological polar surface area (TPSA) is 58.4 Å². The van der Waals surface area contributed by atoms with Gasteiger partial charge in [-0.2, -0.15) is 0 Å². The normalized spacial score (nSPS) is 24.3. The van der Waals surface area contributed by atoms with E-state index < -0.39 is 0 Å². The molecule has 0 aliphatic heterocycles. The summed E-state index contributed by atoms with van der Waals surface area (Å²) in [7, 11) is 0. The van der Waals surface area contributed by atoms with Gasteiger partial charge in [0.25, 0.3) is 0 Å². The quantitative estimate of drug-likeness (QED) is 0.459. The van der Waals surface area contributed by atoms with Crippen molar-refractivity contribution in [2.45, 2.75) is 29.7 Å². The smallest absolute Gasteiger partial charge is 0.188 e. The minimum Gasteiger partial charge on any atom is -0.411 e. The number of hydrogen-bond donors (Lipinski definition) is 1. The SMILES string of the molecule is O/N=C1\CCCC1Sc1ncccn1. The van der Waals surface area contributed by atoms with Crippen molar-refractivity contribution in [1.82, 2.24) is 9.97 Å². The molecule has 2 rings (SSSR count). The first-order valence-corrected chi connectivity index (χ1v) is 5.42. The molecule has 14 heavy (non-hydrogen) atoms. The molecule has 0 amide bonds. The lowest BCUT2D eigenvalue weighted by Gasteiger charge is -2.06. The van der Waals surface area contributed by atoms with Gasteiger partial charge in [0, 0.05) is 12.4 Å². The summed E-state index contributed by atoms with van der Waals surface area (Å²) >= 11 is 1.57. The lowest BCUT2D eigenvalue weighted by atomic mass is 10.3.